The number of benzene rings is 1. The van der Waals surface area contributed by atoms with Crippen LogP contribution in [0.2, 0.25) is 0 Å². The molecule has 0 amide bonds. The molecule has 28 heavy (non-hydrogen) atoms. The Labute approximate surface area is 165 Å². The van der Waals surface area contributed by atoms with Crippen molar-refractivity contribution in [2.45, 2.75) is 32.2 Å². The van der Waals surface area contributed by atoms with Crippen molar-refractivity contribution in [1.82, 2.24) is 19.5 Å². The molecular formula is C20H24N4O3S. The van der Waals surface area contributed by atoms with Gasteiger partial charge in [0.25, 0.3) is 0 Å². The topological polar surface area (TPSA) is 86.1 Å². The maximum Gasteiger partial charge on any atom is 0.240 e. The molecule has 7 nitrogen and oxygen atoms in total. The van der Waals surface area contributed by atoms with Crippen molar-refractivity contribution in [3.05, 3.63) is 59.4 Å². The molecule has 0 saturated heterocycles. The Kier molecular flexibility index (Phi) is 5.81. The number of aromatic nitrogens is 3. The predicted octanol–water partition coefficient (Wildman–Crippen LogP) is 2.98. The fourth-order valence-corrected chi connectivity index (χ4v) is 4.23. The van der Waals surface area contributed by atoms with Crippen molar-refractivity contribution in [1.29, 1.82) is 0 Å². The number of nitrogens with zero attached hydrogens (tertiary/aromatic N) is 3. The maximum absolute atomic E-state index is 12.7. The van der Waals surface area contributed by atoms with Gasteiger partial charge in [0.1, 0.15) is 5.75 Å². The summed E-state index contributed by atoms with van der Waals surface area (Å²) in [7, 11) is -1.87. The molecule has 2 aromatic heterocycles. The van der Waals surface area contributed by atoms with Gasteiger partial charge in [-0.25, -0.2) is 13.1 Å². The van der Waals surface area contributed by atoms with Gasteiger partial charge < -0.3 is 4.74 Å². The van der Waals surface area contributed by atoms with Gasteiger partial charge in [0.05, 0.1) is 35.1 Å². The quantitative estimate of drug-likeness (QED) is 0.659. The van der Waals surface area contributed by atoms with Crippen LogP contribution in [-0.4, -0.2) is 29.8 Å². The van der Waals surface area contributed by atoms with Gasteiger partial charge in [-0.05, 0) is 62.2 Å². The molecule has 3 aromatic rings. The van der Waals surface area contributed by atoms with Crippen molar-refractivity contribution in [3.63, 3.8) is 0 Å². The highest BCUT2D eigenvalue weighted by atomic mass is 32.2. The van der Waals surface area contributed by atoms with Crippen LogP contribution in [0, 0.1) is 13.8 Å². The molecule has 0 aliphatic carbocycles. The molecule has 0 aliphatic rings. The van der Waals surface area contributed by atoms with Crippen molar-refractivity contribution in [2.24, 2.45) is 7.05 Å². The van der Waals surface area contributed by atoms with E-state index in [0.717, 1.165) is 28.3 Å². The number of aryl methyl sites for hydroxylation is 3. The Bertz CT molecular complexity index is 1050. The van der Waals surface area contributed by atoms with Crippen LogP contribution in [0.25, 0.3) is 11.4 Å². The molecule has 8 heteroatoms. The van der Waals surface area contributed by atoms with Crippen LogP contribution in [-0.2, 0) is 23.6 Å². The summed E-state index contributed by atoms with van der Waals surface area (Å²) in [5.41, 5.74) is 3.80. The first-order chi connectivity index (χ1) is 13.3. The van der Waals surface area contributed by atoms with Crippen LogP contribution in [0.5, 0.6) is 5.75 Å². The summed E-state index contributed by atoms with van der Waals surface area (Å²) in [6.45, 7) is 6.21. The lowest BCUT2D eigenvalue weighted by molar-refractivity contribution is 0.335. The van der Waals surface area contributed by atoms with E-state index in [2.05, 4.69) is 14.8 Å². The van der Waals surface area contributed by atoms with E-state index >= 15 is 0 Å². The highest BCUT2D eigenvalue weighted by Gasteiger charge is 2.18. The highest BCUT2D eigenvalue weighted by molar-refractivity contribution is 7.89. The normalized spacial score (nSPS) is 11.6. The first-order valence-electron chi connectivity index (χ1n) is 9.00. The summed E-state index contributed by atoms with van der Waals surface area (Å²) < 4.78 is 35.4. The Morgan fingerprint density at radius 1 is 1.14 bits per heavy atom. The molecule has 0 aliphatic heterocycles. The van der Waals surface area contributed by atoms with Crippen LogP contribution >= 0.6 is 0 Å². The molecule has 1 aromatic carbocycles. The van der Waals surface area contributed by atoms with E-state index < -0.39 is 10.0 Å². The molecule has 0 bridgehead atoms. The number of ether oxygens (including phenoxy) is 1. The minimum absolute atomic E-state index is 0.0916. The highest BCUT2D eigenvalue weighted by Crippen LogP contribution is 2.27. The van der Waals surface area contributed by atoms with E-state index in [1.165, 1.54) is 0 Å². The monoisotopic (exact) mass is 400 g/mol. The Morgan fingerprint density at radius 3 is 2.46 bits per heavy atom. The zero-order valence-electron chi connectivity index (χ0n) is 16.4. The summed E-state index contributed by atoms with van der Waals surface area (Å²) in [6, 6.07) is 10.7. The van der Waals surface area contributed by atoms with Gasteiger partial charge in [-0.1, -0.05) is 6.07 Å². The third kappa shape index (κ3) is 4.23. The molecule has 0 fully saturated rings. The van der Waals surface area contributed by atoms with Crippen LogP contribution < -0.4 is 9.46 Å². The van der Waals surface area contributed by atoms with Gasteiger partial charge >= 0.3 is 0 Å². The first kappa shape index (κ1) is 20.0. The van der Waals surface area contributed by atoms with E-state index in [4.69, 9.17) is 4.74 Å². The second kappa shape index (κ2) is 8.12. The Hall–Kier alpha value is -2.71. The molecule has 0 spiro atoms. The maximum atomic E-state index is 12.7. The predicted molar refractivity (Wildman–Crippen MR) is 108 cm³/mol. The number of nitrogens with one attached hydrogen (secondary N) is 1. The molecule has 0 saturated carbocycles. The van der Waals surface area contributed by atoms with E-state index in [1.807, 2.05) is 45.0 Å². The molecule has 0 radical (unpaired) electrons. The summed E-state index contributed by atoms with van der Waals surface area (Å²) in [6.07, 6.45) is 1.71. The number of hydrogen-bond donors (Lipinski definition) is 1. The van der Waals surface area contributed by atoms with E-state index in [0.29, 0.717) is 12.3 Å². The van der Waals surface area contributed by atoms with Crippen molar-refractivity contribution in [2.75, 3.05) is 6.61 Å². The number of rotatable bonds is 7. The van der Waals surface area contributed by atoms with Gasteiger partial charge in [0.15, 0.2) is 0 Å². The first-order valence-corrected chi connectivity index (χ1v) is 10.5. The van der Waals surface area contributed by atoms with E-state index in [-0.39, 0.29) is 11.4 Å². The molecular weight excluding hydrogens is 376 g/mol. The average molecular weight is 401 g/mol. The standard InChI is InChI=1S/C20H24N4O3S/c1-5-27-20-14(2)10-17(11-15(20)3)28(25,26)22-13-16-12-19(24(4)23-16)18-8-6-7-9-21-18/h6-12,22H,5,13H2,1-4H3. The zero-order chi connectivity index (χ0) is 20.3. The van der Waals surface area contributed by atoms with Crippen molar-refractivity contribution in [3.8, 4) is 17.1 Å². The van der Waals surface area contributed by atoms with Gasteiger partial charge in [-0.3, -0.25) is 9.67 Å². The van der Waals surface area contributed by atoms with Gasteiger partial charge in [-0.15, -0.1) is 0 Å². The van der Waals surface area contributed by atoms with E-state index in [9.17, 15) is 8.42 Å². The lowest BCUT2D eigenvalue weighted by Crippen LogP contribution is -2.23. The second-order valence-electron chi connectivity index (χ2n) is 6.50. The Morgan fingerprint density at radius 2 is 1.86 bits per heavy atom. The molecule has 2 heterocycles. The summed E-state index contributed by atoms with van der Waals surface area (Å²) in [5.74, 6) is 0.728. The van der Waals surface area contributed by atoms with Crippen molar-refractivity contribution < 1.29 is 13.2 Å². The van der Waals surface area contributed by atoms with Crippen LogP contribution in [0.1, 0.15) is 23.7 Å². The van der Waals surface area contributed by atoms with E-state index in [1.54, 1.807) is 30.1 Å². The summed E-state index contributed by atoms with van der Waals surface area (Å²) in [5, 5.41) is 4.39. The molecule has 3 rings (SSSR count). The van der Waals surface area contributed by atoms with Gasteiger partial charge in [-0.2, -0.15) is 5.10 Å². The third-order valence-electron chi connectivity index (χ3n) is 4.33. The van der Waals surface area contributed by atoms with Crippen LogP contribution in [0.3, 0.4) is 0 Å². The Balaban J connectivity index is 1.79. The van der Waals surface area contributed by atoms with Gasteiger partial charge in [0, 0.05) is 13.2 Å². The van der Waals surface area contributed by atoms with Crippen LogP contribution in [0.15, 0.2) is 47.5 Å². The lowest BCUT2D eigenvalue weighted by Gasteiger charge is -2.13. The van der Waals surface area contributed by atoms with Crippen molar-refractivity contribution >= 4 is 10.0 Å². The fraction of sp³-hybridized carbons (Fsp3) is 0.300. The molecule has 0 unspecified atom stereocenters. The molecule has 0 atom stereocenters. The lowest BCUT2D eigenvalue weighted by atomic mass is 10.1. The largest absolute Gasteiger partial charge is 0.493 e. The number of hydrogen-bond acceptors (Lipinski definition) is 5. The number of sulfonamides is 1. The smallest absolute Gasteiger partial charge is 0.240 e. The molecule has 148 valence electrons. The second-order valence-corrected chi connectivity index (χ2v) is 8.27. The molecule has 1 N–H and O–H groups in total. The fourth-order valence-electron chi connectivity index (χ4n) is 3.06. The SMILES string of the molecule is CCOc1c(C)cc(S(=O)(=O)NCc2cc(-c3ccccn3)n(C)n2)cc1C. The summed E-state index contributed by atoms with van der Waals surface area (Å²) in [4.78, 5) is 4.53. The minimum atomic E-state index is -3.67. The number of pyridine rings is 1. The average Bonchev–Trinajstić information content (AvgIpc) is 3.04. The third-order valence-corrected chi connectivity index (χ3v) is 5.71. The van der Waals surface area contributed by atoms with Gasteiger partial charge in [0.2, 0.25) is 10.0 Å². The van der Waals surface area contributed by atoms with Crippen LogP contribution in [0.4, 0.5) is 0 Å². The minimum Gasteiger partial charge on any atom is -0.493 e. The zero-order valence-corrected chi connectivity index (χ0v) is 17.2. The summed E-state index contributed by atoms with van der Waals surface area (Å²) >= 11 is 0.